The number of benzene rings is 1. The SMILES string of the molecule is N#CCC(O)Cn1ccc2ccccc21. The van der Waals surface area contributed by atoms with Gasteiger partial charge in [0, 0.05) is 18.3 Å². The number of aliphatic hydroxyl groups excluding tert-OH is 1. The maximum atomic E-state index is 9.54. The van der Waals surface area contributed by atoms with Crippen molar-refractivity contribution in [3.63, 3.8) is 0 Å². The Kier molecular flexibility index (Phi) is 2.70. The summed E-state index contributed by atoms with van der Waals surface area (Å²) in [6.07, 6.45) is 1.52. The number of aromatic nitrogens is 1. The average Bonchev–Trinajstić information content (AvgIpc) is 2.62. The van der Waals surface area contributed by atoms with Crippen LogP contribution >= 0.6 is 0 Å². The molecule has 0 aliphatic carbocycles. The molecule has 0 saturated carbocycles. The van der Waals surface area contributed by atoms with Crippen LogP contribution in [0.1, 0.15) is 6.42 Å². The molecule has 0 saturated heterocycles. The molecule has 0 fully saturated rings. The summed E-state index contributed by atoms with van der Waals surface area (Å²) in [6, 6.07) is 12.0. The van der Waals surface area contributed by atoms with Gasteiger partial charge in [-0.15, -0.1) is 0 Å². The summed E-state index contributed by atoms with van der Waals surface area (Å²) in [5, 5.41) is 19.2. The first-order valence-electron chi connectivity index (χ1n) is 4.90. The number of hydrogen-bond donors (Lipinski definition) is 1. The molecule has 76 valence electrons. The Balaban J connectivity index is 2.25. The van der Waals surface area contributed by atoms with Crippen molar-refractivity contribution < 1.29 is 5.11 Å². The van der Waals surface area contributed by atoms with Gasteiger partial charge in [0.15, 0.2) is 0 Å². The first-order chi connectivity index (χ1) is 7.31. The lowest BCUT2D eigenvalue weighted by Crippen LogP contribution is -2.14. The molecule has 1 heterocycles. The summed E-state index contributed by atoms with van der Waals surface area (Å²) < 4.78 is 1.97. The fourth-order valence-corrected chi connectivity index (χ4v) is 1.70. The van der Waals surface area contributed by atoms with E-state index in [0.717, 1.165) is 10.9 Å². The summed E-state index contributed by atoms with van der Waals surface area (Å²) in [4.78, 5) is 0. The molecule has 2 aromatic rings. The first-order valence-corrected chi connectivity index (χ1v) is 4.90. The Morgan fingerprint density at radius 3 is 2.93 bits per heavy atom. The van der Waals surface area contributed by atoms with Crippen LogP contribution in [0, 0.1) is 11.3 Å². The highest BCUT2D eigenvalue weighted by Crippen LogP contribution is 2.15. The molecule has 0 aliphatic heterocycles. The topological polar surface area (TPSA) is 48.9 Å². The van der Waals surface area contributed by atoms with Gasteiger partial charge in [-0.05, 0) is 17.5 Å². The van der Waals surface area contributed by atoms with E-state index in [2.05, 4.69) is 0 Å². The van der Waals surface area contributed by atoms with Crippen LogP contribution in [0.3, 0.4) is 0 Å². The maximum absolute atomic E-state index is 9.54. The molecular weight excluding hydrogens is 188 g/mol. The smallest absolute Gasteiger partial charge is 0.0848 e. The minimum absolute atomic E-state index is 0.173. The van der Waals surface area contributed by atoms with Gasteiger partial charge in [-0.2, -0.15) is 5.26 Å². The van der Waals surface area contributed by atoms with Crippen molar-refractivity contribution in [1.82, 2.24) is 4.57 Å². The average molecular weight is 200 g/mol. The monoisotopic (exact) mass is 200 g/mol. The minimum Gasteiger partial charge on any atom is -0.390 e. The third-order valence-electron chi connectivity index (χ3n) is 2.41. The number of aliphatic hydroxyl groups is 1. The van der Waals surface area contributed by atoms with Crippen LogP contribution in [-0.2, 0) is 6.54 Å². The van der Waals surface area contributed by atoms with E-state index in [1.165, 1.54) is 0 Å². The van der Waals surface area contributed by atoms with E-state index in [-0.39, 0.29) is 6.42 Å². The second-order valence-electron chi connectivity index (χ2n) is 3.54. The number of rotatable bonds is 3. The Bertz CT molecular complexity index is 496. The van der Waals surface area contributed by atoms with Crippen LogP contribution in [-0.4, -0.2) is 15.8 Å². The van der Waals surface area contributed by atoms with Crippen LogP contribution in [0.15, 0.2) is 36.5 Å². The summed E-state index contributed by atoms with van der Waals surface area (Å²) in [6.45, 7) is 0.473. The minimum atomic E-state index is -0.592. The molecule has 1 atom stereocenters. The molecule has 1 unspecified atom stereocenters. The van der Waals surface area contributed by atoms with Crippen molar-refractivity contribution in [2.75, 3.05) is 0 Å². The van der Waals surface area contributed by atoms with E-state index in [0.29, 0.717) is 6.54 Å². The van der Waals surface area contributed by atoms with Crippen molar-refractivity contribution in [2.24, 2.45) is 0 Å². The highest BCUT2D eigenvalue weighted by atomic mass is 16.3. The summed E-state index contributed by atoms with van der Waals surface area (Å²) >= 11 is 0. The van der Waals surface area contributed by atoms with Crippen LogP contribution in [0.25, 0.3) is 10.9 Å². The van der Waals surface area contributed by atoms with Crippen molar-refractivity contribution in [2.45, 2.75) is 19.1 Å². The Morgan fingerprint density at radius 2 is 2.13 bits per heavy atom. The predicted molar refractivity (Wildman–Crippen MR) is 58.2 cm³/mol. The van der Waals surface area contributed by atoms with Gasteiger partial charge in [0.05, 0.1) is 18.6 Å². The van der Waals surface area contributed by atoms with Crippen LogP contribution in [0.2, 0.25) is 0 Å². The zero-order valence-electron chi connectivity index (χ0n) is 8.30. The Hall–Kier alpha value is -1.79. The highest BCUT2D eigenvalue weighted by molar-refractivity contribution is 5.79. The van der Waals surface area contributed by atoms with Crippen molar-refractivity contribution >= 4 is 10.9 Å². The highest BCUT2D eigenvalue weighted by Gasteiger charge is 2.06. The van der Waals surface area contributed by atoms with E-state index in [1.54, 1.807) is 0 Å². The fourth-order valence-electron chi connectivity index (χ4n) is 1.70. The van der Waals surface area contributed by atoms with Gasteiger partial charge in [-0.1, -0.05) is 18.2 Å². The molecule has 15 heavy (non-hydrogen) atoms. The van der Waals surface area contributed by atoms with Gasteiger partial charge in [-0.3, -0.25) is 0 Å². The first kappa shape index (κ1) is 9.75. The van der Waals surface area contributed by atoms with Crippen LogP contribution in [0.5, 0.6) is 0 Å². The van der Waals surface area contributed by atoms with E-state index >= 15 is 0 Å². The lowest BCUT2D eigenvalue weighted by atomic mass is 10.2. The lowest BCUT2D eigenvalue weighted by molar-refractivity contribution is 0.160. The number of fused-ring (bicyclic) bond motifs is 1. The second kappa shape index (κ2) is 4.16. The number of nitrogens with zero attached hydrogens (tertiary/aromatic N) is 2. The molecular formula is C12H12N2O. The van der Waals surface area contributed by atoms with Gasteiger partial charge >= 0.3 is 0 Å². The van der Waals surface area contributed by atoms with Crippen molar-refractivity contribution in [3.8, 4) is 6.07 Å². The van der Waals surface area contributed by atoms with E-state index in [4.69, 9.17) is 5.26 Å². The lowest BCUT2D eigenvalue weighted by Gasteiger charge is -2.08. The maximum Gasteiger partial charge on any atom is 0.0848 e. The number of para-hydroxylation sites is 1. The van der Waals surface area contributed by atoms with Crippen molar-refractivity contribution in [1.29, 1.82) is 5.26 Å². The second-order valence-corrected chi connectivity index (χ2v) is 3.54. The molecule has 1 aromatic heterocycles. The summed E-state index contributed by atoms with van der Waals surface area (Å²) in [5.74, 6) is 0. The Labute approximate surface area is 88.2 Å². The van der Waals surface area contributed by atoms with Gasteiger partial charge < -0.3 is 9.67 Å². The quantitative estimate of drug-likeness (QED) is 0.822. The molecule has 0 bridgehead atoms. The van der Waals surface area contributed by atoms with Crippen LogP contribution < -0.4 is 0 Å². The molecule has 0 amide bonds. The molecule has 3 nitrogen and oxygen atoms in total. The zero-order chi connectivity index (χ0) is 10.7. The summed E-state index contributed by atoms with van der Waals surface area (Å²) in [5.41, 5.74) is 1.09. The van der Waals surface area contributed by atoms with Crippen LogP contribution in [0.4, 0.5) is 0 Å². The number of nitriles is 1. The summed E-state index contributed by atoms with van der Waals surface area (Å²) in [7, 11) is 0. The molecule has 3 heteroatoms. The van der Waals surface area contributed by atoms with Gasteiger partial charge in [0.2, 0.25) is 0 Å². The standard InChI is InChI=1S/C12H12N2O/c13-7-5-11(15)9-14-8-6-10-3-1-2-4-12(10)14/h1-4,6,8,11,15H,5,9H2. The molecule has 2 rings (SSSR count). The predicted octanol–water partition coefficient (Wildman–Crippen LogP) is 1.92. The molecule has 1 aromatic carbocycles. The number of hydrogen-bond acceptors (Lipinski definition) is 2. The molecule has 1 N–H and O–H groups in total. The van der Waals surface area contributed by atoms with E-state index in [9.17, 15) is 5.11 Å². The largest absolute Gasteiger partial charge is 0.390 e. The van der Waals surface area contributed by atoms with Gasteiger partial charge in [0.1, 0.15) is 0 Å². The Morgan fingerprint density at radius 1 is 1.33 bits per heavy atom. The third kappa shape index (κ3) is 2.00. The molecule has 0 radical (unpaired) electrons. The van der Waals surface area contributed by atoms with E-state index < -0.39 is 6.10 Å². The zero-order valence-corrected chi connectivity index (χ0v) is 8.30. The van der Waals surface area contributed by atoms with Crippen molar-refractivity contribution in [3.05, 3.63) is 36.5 Å². The van der Waals surface area contributed by atoms with E-state index in [1.807, 2.05) is 47.2 Å². The van der Waals surface area contributed by atoms with Gasteiger partial charge in [0.25, 0.3) is 0 Å². The molecule has 0 spiro atoms. The molecule has 0 aliphatic rings. The normalized spacial score (nSPS) is 12.5. The fraction of sp³-hybridized carbons (Fsp3) is 0.250. The van der Waals surface area contributed by atoms with Gasteiger partial charge in [-0.25, -0.2) is 0 Å². The third-order valence-corrected chi connectivity index (χ3v) is 2.41.